The van der Waals surface area contributed by atoms with Gasteiger partial charge in [-0.2, -0.15) is 0 Å². The van der Waals surface area contributed by atoms with Crippen molar-refractivity contribution in [3.63, 3.8) is 0 Å². The van der Waals surface area contributed by atoms with Crippen molar-refractivity contribution in [2.75, 3.05) is 7.05 Å². The maximum atomic E-state index is 11.0. The van der Waals surface area contributed by atoms with Crippen LogP contribution in [0.2, 0.25) is 0 Å². The lowest BCUT2D eigenvalue weighted by molar-refractivity contribution is -0.117. The Kier molecular flexibility index (Phi) is 9.18. The van der Waals surface area contributed by atoms with E-state index in [9.17, 15) is 4.79 Å². The van der Waals surface area contributed by atoms with E-state index in [1.165, 1.54) is 31.8 Å². The topological polar surface area (TPSA) is 41.1 Å². The van der Waals surface area contributed by atoms with E-state index in [4.69, 9.17) is 0 Å². The lowest BCUT2D eigenvalue weighted by Gasteiger charge is -2.16. The summed E-state index contributed by atoms with van der Waals surface area (Å²) < 4.78 is 0. The van der Waals surface area contributed by atoms with Crippen LogP contribution >= 0.6 is 0 Å². The van der Waals surface area contributed by atoms with Crippen molar-refractivity contribution < 1.29 is 4.79 Å². The summed E-state index contributed by atoms with van der Waals surface area (Å²) in [7, 11) is 1.86. The van der Waals surface area contributed by atoms with E-state index in [-0.39, 0.29) is 12.1 Å². The fourth-order valence-corrected chi connectivity index (χ4v) is 1.47. The Balaban J connectivity index is 3.52. The first-order valence-electron chi connectivity index (χ1n) is 5.84. The minimum atomic E-state index is -0.108. The van der Waals surface area contributed by atoms with Gasteiger partial charge in [0.25, 0.3) is 0 Å². The molecule has 0 spiro atoms. The number of carbonyl (C=O) groups excluding carboxylic acids is 1. The molecule has 0 saturated heterocycles. The number of unbranched alkanes of at least 4 members (excludes halogenated alkanes) is 4. The third-order valence-corrected chi connectivity index (χ3v) is 2.45. The highest BCUT2D eigenvalue weighted by molar-refractivity contribution is 5.87. The molecule has 0 heterocycles. The average Bonchev–Trinajstić information content (AvgIpc) is 2.26. The van der Waals surface area contributed by atoms with Gasteiger partial charge in [-0.05, 0) is 19.5 Å². The number of nitrogens with one attached hydrogen (secondary N) is 2. The molecule has 0 aromatic rings. The molecule has 0 aliphatic rings. The largest absolute Gasteiger partial charge is 0.337 e. The highest BCUT2D eigenvalue weighted by Gasteiger charge is 2.06. The van der Waals surface area contributed by atoms with Crippen LogP contribution < -0.4 is 10.6 Å². The van der Waals surface area contributed by atoms with Crippen LogP contribution in [0.3, 0.4) is 0 Å². The zero-order valence-electron chi connectivity index (χ0n) is 10.0. The molecule has 3 heteroatoms. The molecule has 2 N–H and O–H groups in total. The monoisotopic (exact) mass is 212 g/mol. The second-order valence-corrected chi connectivity index (χ2v) is 3.76. The van der Waals surface area contributed by atoms with E-state index in [0.717, 1.165) is 12.8 Å². The van der Waals surface area contributed by atoms with Gasteiger partial charge in [0.1, 0.15) is 0 Å². The first-order chi connectivity index (χ1) is 7.24. The zero-order chi connectivity index (χ0) is 11.5. The second kappa shape index (κ2) is 9.71. The molecule has 0 fully saturated rings. The van der Waals surface area contributed by atoms with E-state index < -0.39 is 0 Å². The first kappa shape index (κ1) is 14.2. The number of carbonyl (C=O) groups is 1. The Morgan fingerprint density at radius 3 is 2.53 bits per heavy atom. The molecule has 88 valence electrons. The molecule has 3 nitrogen and oxygen atoms in total. The van der Waals surface area contributed by atoms with Crippen LogP contribution in [-0.4, -0.2) is 19.1 Å². The van der Waals surface area contributed by atoms with Gasteiger partial charge in [0, 0.05) is 0 Å². The summed E-state index contributed by atoms with van der Waals surface area (Å²) in [6.45, 7) is 5.64. The number of hydrogen-bond acceptors (Lipinski definition) is 2. The molecule has 15 heavy (non-hydrogen) atoms. The quantitative estimate of drug-likeness (QED) is 0.349. The maximum Gasteiger partial charge on any atom is 0.244 e. The highest BCUT2D eigenvalue weighted by atomic mass is 16.1. The Morgan fingerprint density at radius 1 is 1.33 bits per heavy atom. The summed E-state index contributed by atoms with van der Waals surface area (Å²) in [6, 6.07) is 0. The van der Waals surface area contributed by atoms with Crippen molar-refractivity contribution in [3.8, 4) is 0 Å². The summed E-state index contributed by atoms with van der Waals surface area (Å²) in [4.78, 5) is 11.0. The van der Waals surface area contributed by atoms with E-state index in [2.05, 4.69) is 24.1 Å². The molecule has 0 rings (SSSR count). The normalized spacial score (nSPS) is 12.1. The zero-order valence-corrected chi connectivity index (χ0v) is 10.0. The molecule has 0 saturated carbocycles. The van der Waals surface area contributed by atoms with Gasteiger partial charge in [0.05, 0.1) is 6.17 Å². The molecule has 0 radical (unpaired) electrons. The summed E-state index contributed by atoms with van der Waals surface area (Å²) in [5.74, 6) is -0.108. The van der Waals surface area contributed by atoms with Crippen molar-refractivity contribution in [2.45, 2.75) is 51.6 Å². The van der Waals surface area contributed by atoms with Crippen LogP contribution in [0.5, 0.6) is 0 Å². The molecule has 1 unspecified atom stereocenters. The maximum absolute atomic E-state index is 11.0. The predicted molar refractivity (Wildman–Crippen MR) is 64.6 cm³/mol. The van der Waals surface area contributed by atoms with E-state index in [1.54, 1.807) is 0 Å². The fraction of sp³-hybridized carbons (Fsp3) is 0.750. The van der Waals surface area contributed by atoms with Crippen LogP contribution in [0.15, 0.2) is 12.7 Å². The van der Waals surface area contributed by atoms with Gasteiger partial charge in [-0.1, -0.05) is 45.6 Å². The predicted octanol–water partition coefficient (Wildman–Crippen LogP) is 2.19. The van der Waals surface area contributed by atoms with Crippen molar-refractivity contribution in [1.82, 2.24) is 10.6 Å². The van der Waals surface area contributed by atoms with Crippen LogP contribution in [-0.2, 0) is 4.79 Å². The summed E-state index contributed by atoms with van der Waals surface area (Å²) in [5, 5.41) is 5.92. The highest BCUT2D eigenvalue weighted by Crippen LogP contribution is 2.06. The van der Waals surface area contributed by atoms with E-state index >= 15 is 0 Å². The third-order valence-electron chi connectivity index (χ3n) is 2.45. The van der Waals surface area contributed by atoms with Crippen LogP contribution in [0.4, 0.5) is 0 Å². The van der Waals surface area contributed by atoms with Gasteiger partial charge in [-0.3, -0.25) is 4.79 Å². The number of hydrogen-bond donors (Lipinski definition) is 2. The van der Waals surface area contributed by atoms with Gasteiger partial charge in [0.2, 0.25) is 5.91 Å². The molecule has 0 aromatic carbocycles. The van der Waals surface area contributed by atoms with Gasteiger partial charge in [-0.15, -0.1) is 0 Å². The molecule has 0 bridgehead atoms. The molecule has 0 aliphatic carbocycles. The van der Waals surface area contributed by atoms with Crippen LogP contribution in [0.1, 0.15) is 45.4 Å². The Bertz CT molecular complexity index is 180. The lowest BCUT2D eigenvalue weighted by atomic mass is 10.1. The minimum absolute atomic E-state index is 0.0807. The molecule has 0 aliphatic heterocycles. The minimum Gasteiger partial charge on any atom is -0.337 e. The Morgan fingerprint density at radius 2 is 2.00 bits per heavy atom. The van der Waals surface area contributed by atoms with Crippen LogP contribution in [0.25, 0.3) is 0 Å². The molecule has 0 aromatic heterocycles. The van der Waals surface area contributed by atoms with Gasteiger partial charge in [0.15, 0.2) is 0 Å². The van der Waals surface area contributed by atoms with Crippen molar-refractivity contribution in [2.24, 2.45) is 0 Å². The number of amides is 1. The third kappa shape index (κ3) is 8.18. The molecule has 1 amide bonds. The lowest BCUT2D eigenvalue weighted by Crippen LogP contribution is -2.42. The van der Waals surface area contributed by atoms with Gasteiger partial charge in [-0.25, -0.2) is 0 Å². The summed E-state index contributed by atoms with van der Waals surface area (Å²) in [5.41, 5.74) is 0. The molecular weight excluding hydrogens is 188 g/mol. The van der Waals surface area contributed by atoms with E-state index in [0.29, 0.717) is 0 Å². The first-order valence-corrected chi connectivity index (χ1v) is 5.84. The fourth-order valence-electron chi connectivity index (χ4n) is 1.47. The summed E-state index contributed by atoms with van der Waals surface area (Å²) in [6.07, 6.45) is 8.64. The SMILES string of the molecule is C=CC(=O)NC(CCCCCCC)NC. The summed E-state index contributed by atoms with van der Waals surface area (Å²) >= 11 is 0. The number of rotatable bonds is 9. The van der Waals surface area contributed by atoms with Crippen molar-refractivity contribution >= 4 is 5.91 Å². The average molecular weight is 212 g/mol. The molecular formula is C12H24N2O. The van der Waals surface area contributed by atoms with Crippen molar-refractivity contribution in [3.05, 3.63) is 12.7 Å². The second-order valence-electron chi connectivity index (χ2n) is 3.76. The van der Waals surface area contributed by atoms with Crippen LogP contribution in [0, 0.1) is 0 Å². The van der Waals surface area contributed by atoms with Gasteiger partial charge >= 0.3 is 0 Å². The smallest absolute Gasteiger partial charge is 0.244 e. The van der Waals surface area contributed by atoms with Gasteiger partial charge < -0.3 is 10.6 Å². The Labute approximate surface area is 93.3 Å². The van der Waals surface area contributed by atoms with Crippen molar-refractivity contribution in [1.29, 1.82) is 0 Å². The Hall–Kier alpha value is -0.830. The molecule has 1 atom stereocenters. The van der Waals surface area contributed by atoms with E-state index in [1.807, 2.05) is 7.05 Å². The standard InChI is InChI=1S/C12H24N2O/c1-4-6-7-8-9-10-11(13-3)14-12(15)5-2/h5,11,13H,2,4,6-10H2,1,3H3,(H,14,15).